The van der Waals surface area contributed by atoms with Crippen LogP contribution in [0.15, 0.2) is 30.3 Å². The quantitative estimate of drug-likeness (QED) is 0.533. The predicted octanol–water partition coefficient (Wildman–Crippen LogP) is 6.71. The van der Waals surface area contributed by atoms with Crippen molar-refractivity contribution in [2.24, 2.45) is 0 Å². The van der Waals surface area contributed by atoms with Gasteiger partial charge in [-0.3, -0.25) is 0 Å². The van der Waals surface area contributed by atoms with Crippen molar-refractivity contribution in [3.63, 3.8) is 0 Å². The Labute approximate surface area is 130 Å². The summed E-state index contributed by atoms with van der Waals surface area (Å²) in [7, 11) is 0. The van der Waals surface area contributed by atoms with Gasteiger partial charge in [-0.1, -0.05) is 58.5 Å². The molecule has 0 aliphatic carbocycles. The number of benzene rings is 2. The fourth-order valence-electron chi connectivity index (χ4n) is 1.73. The van der Waals surface area contributed by atoms with Crippen LogP contribution in [0, 0.1) is 0 Å². The van der Waals surface area contributed by atoms with E-state index in [0.717, 1.165) is 11.1 Å². The standard InChI is InChI=1S/C13H7Cl5/c14-6-9-8(2-1-3-10(9)16)13-11(17)4-7(15)5-12(13)18/h1-5H,6H2. The number of halogens is 5. The molecule has 0 saturated carbocycles. The van der Waals surface area contributed by atoms with Gasteiger partial charge in [0.25, 0.3) is 0 Å². The number of hydrogen-bond acceptors (Lipinski definition) is 0. The molecule has 0 radical (unpaired) electrons. The van der Waals surface area contributed by atoms with Crippen LogP contribution in [0.4, 0.5) is 0 Å². The van der Waals surface area contributed by atoms with E-state index in [1.54, 1.807) is 18.2 Å². The fraction of sp³-hybridized carbons (Fsp3) is 0.0769. The van der Waals surface area contributed by atoms with E-state index in [1.807, 2.05) is 12.1 Å². The number of hydrogen-bond donors (Lipinski definition) is 0. The van der Waals surface area contributed by atoms with Crippen LogP contribution in [0.1, 0.15) is 5.56 Å². The van der Waals surface area contributed by atoms with Gasteiger partial charge in [0.05, 0.1) is 10.0 Å². The van der Waals surface area contributed by atoms with E-state index in [4.69, 9.17) is 58.0 Å². The van der Waals surface area contributed by atoms with Gasteiger partial charge in [-0.15, -0.1) is 11.6 Å². The highest BCUT2D eigenvalue weighted by molar-refractivity contribution is 6.42. The highest BCUT2D eigenvalue weighted by Gasteiger charge is 2.15. The molecule has 0 saturated heterocycles. The largest absolute Gasteiger partial charge is 0.121 e. The summed E-state index contributed by atoms with van der Waals surface area (Å²) >= 11 is 30.3. The van der Waals surface area contributed by atoms with Gasteiger partial charge in [-0.25, -0.2) is 0 Å². The molecule has 2 aromatic carbocycles. The molecular weight excluding hydrogens is 333 g/mol. The van der Waals surface area contributed by atoms with Crippen molar-refractivity contribution in [3.8, 4) is 11.1 Å². The first-order valence-corrected chi connectivity index (χ1v) is 7.07. The van der Waals surface area contributed by atoms with E-state index >= 15 is 0 Å². The van der Waals surface area contributed by atoms with Crippen molar-refractivity contribution in [1.29, 1.82) is 0 Å². The van der Waals surface area contributed by atoms with E-state index in [9.17, 15) is 0 Å². The van der Waals surface area contributed by atoms with E-state index < -0.39 is 0 Å². The lowest BCUT2D eigenvalue weighted by atomic mass is 10.0. The highest BCUT2D eigenvalue weighted by Crippen LogP contribution is 2.40. The maximum Gasteiger partial charge on any atom is 0.0514 e. The Hall–Kier alpha value is -0.110. The van der Waals surface area contributed by atoms with Gasteiger partial charge in [0.2, 0.25) is 0 Å². The lowest BCUT2D eigenvalue weighted by Gasteiger charge is -2.13. The van der Waals surface area contributed by atoms with E-state index in [-0.39, 0.29) is 5.88 Å². The summed E-state index contributed by atoms with van der Waals surface area (Å²) in [6.45, 7) is 0. The minimum absolute atomic E-state index is 0.282. The lowest BCUT2D eigenvalue weighted by Crippen LogP contribution is -1.90. The Morgan fingerprint density at radius 2 is 1.44 bits per heavy atom. The number of alkyl halides is 1. The van der Waals surface area contributed by atoms with Gasteiger partial charge in [0.1, 0.15) is 0 Å². The molecule has 0 amide bonds. The van der Waals surface area contributed by atoms with Crippen molar-refractivity contribution in [2.75, 3.05) is 0 Å². The van der Waals surface area contributed by atoms with Crippen molar-refractivity contribution < 1.29 is 0 Å². The van der Waals surface area contributed by atoms with E-state index in [0.29, 0.717) is 25.7 Å². The summed E-state index contributed by atoms with van der Waals surface area (Å²) in [5.41, 5.74) is 2.32. The maximum absolute atomic E-state index is 6.20. The summed E-state index contributed by atoms with van der Waals surface area (Å²) in [5.74, 6) is 0.282. The van der Waals surface area contributed by atoms with Crippen molar-refractivity contribution in [3.05, 3.63) is 56.0 Å². The molecule has 0 bridgehead atoms. The zero-order chi connectivity index (χ0) is 13.3. The normalized spacial score (nSPS) is 10.7. The van der Waals surface area contributed by atoms with Crippen molar-refractivity contribution in [2.45, 2.75) is 5.88 Å². The topological polar surface area (TPSA) is 0 Å². The zero-order valence-electron chi connectivity index (χ0n) is 8.98. The van der Waals surface area contributed by atoms with Crippen LogP contribution >= 0.6 is 58.0 Å². The number of rotatable bonds is 2. The second kappa shape index (κ2) is 5.90. The molecule has 0 nitrogen and oxygen atoms in total. The molecular formula is C13H7Cl5. The average molecular weight is 340 g/mol. The first kappa shape index (κ1) is 14.3. The Morgan fingerprint density at radius 1 is 0.833 bits per heavy atom. The Morgan fingerprint density at radius 3 is 2.00 bits per heavy atom. The average Bonchev–Trinajstić information content (AvgIpc) is 2.27. The predicted molar refractivity (Wildman–Crippen MR) is 81.5 cm³/mol. The van der Waals surface area contributed by atoms with Crippen LogP contribution in [0.2, 0.25) is 20.1 Å². The summed E-state index contributed by atoms with van der Waals surface area (Å²) in [5, 5.41) is 2.02. The molecule has 2 rings (SSSR count). The van der Waals surface area contributed by atoms with Gasteiger partial charge in [0.15, 0.2) is 0 Å². The lowest BCUT2D eigenvalue weighted by molar-refractivity contribution is 1.40. The third-order valence-corrected chi connectivity index (χ3v) is 3.96. The first-order chi connectivity index (χ1) is 8.54. The molecule has 0 atom stereocenters. The van der Waals surface area contributed by atoms with Gasteiger partial charge < -0.3 is 0 Å². The molecule has 0 heterocycles. The van der Waals surface area contributed by atoms with Gasteiger partial charge >= 0.3 is 0 Å². The van der Waals surface area contributed by atoms with Crippen molar-refractivity contribution in [1.82, 2.24) is 0 Å². The second-order valence-corrected chi connectivity index (χ2v) is 5.57. The minimum atomic E-state index is 0.282. The Kier molecular flexibility index (Phi) is 4.69. The van der Waals surface area contributed by atoms with Crippen LogP contribution in [0.5, 0.6) is 0 Å². The minimum Gasteiger partial charge on any atom is -0.121 e. The first-order valence-electron chi connectivity index (χ1n) is 5.03. The Bertz CT molecular complexity index is 569. The van der Waals surface area contributed by atoms with E-state index in [2.05, 4.69) is 0 Å². The fourth-order valence-corrected chi connectivity index (χ4v) is 3.35. The third-order valence-electron chi connectivity index (χ3n) is 2.53. The molecule has 0 N–H and O–H groups in total. The molecule has 5 heteroatoms. The van der Waals surface area contributed by atoms with Gasteiger partial charge in [-0.05, 0) is 29.3 Å². The van der Waals surface area contributed by atoms with Crippen LogP contribution in [0.3, 0.4) is 0 Å². The van der Waals surface area contributed by atoms with Gasteiger partial charge in [-0.2, -0.15) is 0 Å². The van der Waals surface area contributed by atoms with Crippen LogP contribution in [0.25, 0.3) is 11.1 Å². The second-order valence-electron chi connectivity index (χ2n) is 3.64. The summed E-state index contributed by atoms with van der Waals surface area (Å²) in [4.78, 5) is 0. The third kappa shape index (κ3) is 2.74. The van der Waals surface area contributed by atoms with Crippen molar-refractivity contribution >= 4 is 58.0 Å². The highest BCUT2D eigenvalue weighted by atomic mass is 35.5. The maximum atomic E-state index is 6.20. The molecule has 0 aliphatic rings. The summed E-state index contributed by atoms with van der Waals surface area (Å²) in [6.07, 6.45) is 0. The van der Waals surface area contributed by atoms with E-state index in [1.165, 1.54) is 0 Å². The Balaban J connectivity index is 2.73. The molecule has 18 heavy (non-hydrogen) atoms. The monoisotopic (exact) mass is 338 g/mol. The molecule has 0 aromatic heterocycles. The zero-order valence-corrected chi connectivity index (χ0v) is 12.8. The SMILES string of the molecule is ClCc1c(Cl)cccc1-c1c(Cl)cc(Cl)cc1Cl. The molecule has 0 unspecified atom stereocenters. The van der Waals surface area contributed by atoms with Crippen LogP contribution < -0.4 is 0 Å². The molecule has 0 aliphatic heterocycles. The van der Waals surface area contributed by atoms with Crippen LogP contribution in [-0.4, -0.2) is 0 Å². The molecule has 2 aromatic rings. The molecule has 0 spiro atoms. The molecule has 94 valence electrons. The molecule has 0 fully saturated rings. The van der Waals surface area contributed by atoms with Crippen LogP contribution in [-0.2, 0) is 5.88 Å². The smallest absolute Gasteiger partial charge is 0.0514 e. The summed E-state index contributed by atoms with van der Waals surface area (Å²) < 4.78 is 0. The summed E-state index contributed by atoms with van der Waals surface area (Å²) in [6, 6.07) is 8.77. The van der Waals surface area contributed by atoms with Gasteiger partial charge in [0, 0.05) is 21.5 Å².